The molecule has 1 saturated carbocycles. The van der Waals surface area contributed by atoms with Crippen LogP contribution in [0.4, 0.5) is 0 Å². The van der Waals surface area contributed by atoms with Crippen molar-refractivity contribution in [1.82, 2.24) is 9.97 Å². The van der Waals surface area contributed by atoms with Crippen LogP contribution in [0.1, 0.15) is 31.5 Å². The standard InChI is InChI=1S/C20H19ClN2O3/c21-13-5-7-15(8-6-13)26-16-9-10-18-17(11-16)20(24)23-19(22-18)12-25-14-3-1-2-4-14/h5-11,14H,1-4,12H2,(H,22,23,24). The van der Waals surface area contributed by atoms with Crippen LogP contribution in [-0.2, 0) is 11.3 Å². The lowest BCUT2D eigenvalue weighted by Gasteiger charge is -2.11. The van der Waals surface area contributed by atoms with Gasteiger partial charge in [-0.05, 0) is 55.3 Å². The maximum absolute atomic E-state index is 12.4. The zero-order valence-electron chi connectivity index (χ0n) is 14.2. The maximum Gasteiger partial charge on any atom is 0.258 e. The van der Waals surface area contributed by atoms with Gasteiger partial charge in [0, 0.05) is 5.02 Å². The first-order valence-electron chi connectivity index (χ1n) is 8.75. The Morgan fingerprint density at radius 3 is 2.58 bits per heavy atom. The van der Waals surface area contributed by atoms with E-state index in [9.17, 15) is 4.79 Å². The summed E-state index contributed by atoms with van der Waals surface area (Å²) in [6, 6.07) is 12.3. The highest BCUT2D eigenvalue weighted by molar-refractivity contribution is 6.30. The molecule has 1 N–H and O–H groups in total. The Labute approximate surface area is 155 Å². The quantitative estimate of drug-likeness (QED) is 0.698. The molecule has 3 aromatic rings. The van der Waals surface area contributed by atoms with Crippen molar-refractivity contribution in [2.24, 2.45) is 0 Å². The Morgan fingerprint density at radius 1 is 1.08 bits per heavy atom. The highest BCUT2D eigenvalue weighted by Crippen LogP contribution is 2.25. The first-order valence-corrected chi connectivity index (χ1v) is 9.13. The van der Waals surface area contributed by atoms with Crippen LogP contribution in [0.25, 0.3) is 10.9 Å². The number of rotatable bonds is 5. The van der Waals surface area contributed by atoms with Gasteiger partial charge in [0.1, 0.15) is 23.9 Å². The van der Waals surface area contributed by atoms with Crippen molar-refractivity contribution in [2.45, 2.75) is 38.4 Å². The molecule has 1 heterocycles. The molecule has 1 aliphatic carbocycles. The van der Waals surface area contributed by atoms with Gasteiger partial charge in [-0.2, -0.15) is 0 Å². The number of fused-ring (bicyclic) bond motifs is 1. The minimum atomic E-state index is -0.193. The van der Waals surface area contributed by atoms with E-state index in [0.717, 1.165) is 12.8 Å². The second-order valence-electron chi connectivity index (χ2n) is 6.47. The average Bonchev–Trinajstić information content (AvgIpc) is 3.16. The first-order chi connectivity index (χ1) is 12.7. The molecule has 0 radical (unpaired) electrons. The van der Waals surface area contributed by atoms with Gasteiger partial charge in [-0.15, -0.1) is 0 Å². The fourth-order valence-corrected chi connectivity index (χ4v) is 3.31. The van der Waals surface area contributed by atoms with Gasteiger partial charge >= 0.3 is 0 Å². The van der Waals surface area contributed by atoms with E-state index in [1.165, 1.54) is 12.8 Å². The van der Waals surface area contributed by atoms with Gasteiger partial charge in [-0.25, -0.2) is 4.98 Å². The highest BCUT2D eigenvalue weighted by atomic mass is 35.5. The van der Waals surface area contributed by atoms with Gasteiger partial charge in [-0.3, -0.25) is 4.79 Å². The van der Waals surface area contributed by atoms with Crippen LogP contribution in [0, 0.1) is 0 Å². The number of H-pyrrole nitrogens is 1. The van der Waals surface area contributed by atoms with E-state index in [1.807, 2.05) is 0 Å². The number of ether oxygens (including phenoxy) is 2. The van der Waals surface area contributed by atoms with E-state index in [2.05, 4.69) is 9.97 Å². The molecule has 0 saturated heterocycles. The van der Waals surface area contributed by atoms with E-state index in [0.29, 0.717) is 39.9 Å². The maximum atomic E-state index is 12.4. The molecule has 1 fully saturated rings. The molecule has 0 atom stereocenters. The third-order valence-corrected chi connectivity index (χ3v) is 4.79. The van der Waals surface area contributed by atoms with E-state index in [1.54, 1.807) is 42.5 Å². The van der Waals surface area contributed by atoms with Crippen LogP contribution in [-0.4, -0.2) is 16.1 Å². The zero-order valence-corrected chi connectivity index (χ0v) is 15.0. The van der Waals surface area contributed by atoms with Crippen molar-refractivity contribution in [3.05, 3.63) is 63.7 Å². The van der Waals surface area contributed by atoms with Gasteiger partial charge in [0.15, 0.2) is 0 Å². The summed E-state index contributed by atoms with van der Waals surface area (Å²) in [5, 5.41) is 1.13. The number of aromatic nitrogens is 2. The molecule has 134 valence electrons. The molecule has 0 aliphatic heterocycles. The van der Waals surface area contributed by atoms with Crippen LogP contribution >= 0.6 is 11.6 Å². The molecular formula is C20H19ClN2O3. The third-order valence-electron chi connectivity index (χ3n) is 4.53. The Morgan fingerprint density at radius 2 is 1.81 bits per heavy atom. The van der Waals surface area contributed by atoms with Crippen molar-refractivity contribution in [3.8, 4) is 11.5 Å². The lowest BCUT2D eigenvalue weighted by atomic mass is 10.2. The second kappa shape index (κ2) is 7.48. The second-order valence-corrected chi connectivity index (χ2v) is 6.90. The number of nitrogens with zero attached hydrogens (tertiary/aromatic N) is 1. The van der Waals surface area contributed by atoms with Crippen molar-refractivity contribution in [2.75, 3.05) is 0 Å². The van der Waals surface area contributed by atoms with E-state index >= 15 is 0 Å². The SMILES string of the molecule is O=c1[nH]c(COC2CCCC2)nc2ccc(Oc3ccc(Cl)cc3)cc12. The van der Waals surface area contributed by atoms with Gasteiger partial charge in [0.25, 0.3) is 5.56 Å². The van der Waals surface area contributed by atoms with Crippen LogP contribution in [0.15, 0.2) is 47.3 Å². The number of benzene rings is 2. The predicted octanol–water partition coefficient (Wildman–Crippen LogP) is 4.83. The zero-order chi connectivity index (χ0) is 17.9. The minimum absolute atomic E-state index is 0.193. The largest absolute Gasteiger partial charge is 0.457 e. The average molecular weight is 371 g/mol. The summed E-state index contributed by atoms with van der Waals surface area (Å²) in [6.07, 6.45) is 4.88. The summed E-state index contributed by atoms with van der Waals surface area (Å²) >= 11 is 5.88. The van der Waals surface area contributed by atoms with Crippen LogP contribution < -0.4 is 10.3 Å². The molecule has 4 rings (SSSR count). The van der Waals surface area contributed by atoms with E-state index < -0.39 is 0 Å². The van der Waals surface area contributed by atoms with E-state index in [4.69, 9.17) is 21.1 Å². The normalized spacial score (nSPS) is 14.8. The topological polar surface area (TPSA) is 64.2 Å². The molecule has 2 aromatic carbocycles. The predicted molar refractivity (Wildman–Crippen MR) is 101 cm³/mol. The summed E-state index contributed by atoms with van der Waals surface area (Å²) in [5.41, 5.74) is 0.434. The molecular weight excluding hydrogens is 352 g/mol. The van der Waals surface area contributed by atoms with Gasteiger partial charge < -0.3 is 14.5 Å². The number of hydrogen-bond donors (Lipinski definition) is 1. The lowest BCUT2D eigenvalue weighted by Crippen LogP contribution is -2.15. The summed E-state index contributed by atoms with van der Waals surface area (Å²) < 4.78 is 11.6. The molecule has 0 spiro atoms. The molecule has 0 bridgehead atoms. The first kappa shape index (κ1) is 17.1. The molecule has 0 unspecified atom stereocenters. The molecule has 1 aliphatic rings. The summed E-state index contributed by atoms with van der Waals surface area (Å²) in [5.74, 6) is 1.78. The molecule has 26 heavy (non-hydrogen) atoms. The van der Waals surface area contributed by atoms with Crippen LogP contribution in [0.5, 0.6) is 11.5 Å². The number of hydrogen-bond acceptors (Lipinski definition) is 4. The lowest BCUT2D eigenvalue weighted by molar-refractivity contribution is 0.0417. The van der Waals surface area contributed by atoms with Crippen molar-refractivity contribution >= 4 is 22.5 Å². The Hall–Kier alpha value is -2.37. The highest BCUT2D eigenvalue weighted by Gasteiger charge is 2.16. The summed E-state index contributed by atoms with van der Waals surface area (Å²) in [6.45, 7) is 0.332. The number of aromatic amines is 1. The third kappa shape index (κ3) is 3.89. The molecule has 6 heteroatoms. The Bertz CT molecular complexity index is 963. The molecule has 0 amide bonds. The fraction of sp³-hybridized carbons (Fsp3) is 0.300. The Balaban J connectivity index is 1.54. The van der Waals surface area contributed by atoms with Crippen molar-refractivity contribution in [1.29, 1.82) is 0 Å². The summed E-state index contributed by atoms with van der Waals surface area (Å²) in [7, 11) is 0. The number of nitrogens with one attached hydrogen (secondary N) is 1. The van der Waals surface area contributed by atoms with Gasteiger partial charge in [-0.1, -0.05) is 24.4 Å². The Kier molecular flexibility index (Phi) is 4.91. The monoisotopic (exact) mass is 370 g/mol. The minimum Gasteiger partial charge on any atom is -0.457 e. The van der Waals surface area contributed by atoms with E-state index in [-0.39, 0.29) is 11.7 Å². The van der Waals surface area contributed by atoms with Crippen LogP contribution in [0.2, 0.25) is 5.02 Å². The van der Waals surface area contributed by atoms with Crippen molar-refractivity contribution in [3.63, 3.8) is 0 Å². The molecule has 5 nitrogen and oxygen atoms in total. The smallest absolute Gasteiger partial charge is 0.258 e. The van der Waals surface area contributed by atoms with Crippen molar-refractivity contribution < 1.29 is 9.47 Å². The molecule has 1 aromatic heterocycles. The fourth-order valence-electron chi connectivity index (χ4n) is 3.19. The van der Waals surface area contributed by atoms with Gasteiger partial charge in [0.05, 0.1) is 17.0 Å². The van der Waals surface area contributed by atoms with Gasteiger partial charge in [0.2, 0.25) is 0 Å². The number of halogens is 1. The summed E-state index contributed by atoms with van der Waals surface area (Å²) in [4.78, 5) is 19.7. The van der Waals surface area contributed by atoms with Crippen LogP contribution in [0.3, 0.4) is 0 Å².